The minimum absolute atomic E-state index is 0. The zero-order valence-electron chi connectivity index (χ0n) is 26.6. The first kappa shape index (κ1) is 36.0. The molecule has 43 heavy (non-hydrogen) atoms. The largest absolute Gasteiger partial charge is 0.444 e. The predicted octanol–water partition coefficient (Wildman–Crippen LogP) is 5.52. The van der Waals surface area contributed by atoms with Gasteiger partial charge >= 0.3 is 12.2 Å². The summed E-state index contributed by atoms with van der Waals surface area (Å²) in [6.45, 7) is 17.7. The Morgan fingerprint density at radius 1 is 0.744 bits per heavy atom. The Bertz CT molecular complexity index is 1110. The quantitative estimate of drug-likeness (QED) is 0.461. The van der Waals surface area contributed by atoms with Crippen LogP contribution in [0.2, 0.25) is 0 Å². The lowest BCUT2D eigenvalue weighted by Gasteiger charge is -2.38. The van der Waals surface area contributed by atoms with Crippen molar-refractivity contribution in [3.8, 4) is 0 Å². The maximum Gasteiger partial charge on any atom is 0.410 e. The van der Waals surface area contributed by atoms with Crippen molar-refractivity contribution in [1.82, 2.24) is 19.8 Å². The monoisotopic (exact) mass is 598 g/mol. The van der Waals surface area contributed by atoms with Gasteiger partial charge in [0.05, 0.1) is 0 Å². The third-order valence-electron chi connectivity index (χ3n) is 7.53. The predicted molar refractivity (Wildman–Crippen MR) is 171 cm³/mol. The van der Waals surface area contributed by atoms with Crippen LogP contribution >= 0.6 is 0 Å². The molecule has 10 nitrogen and oxygen atoms in total. The average Bonchev–Trinajstić information content (AvgIpc) is 2.88. The van der Waals surface area contributed by atoms with Crippen molar-refractivity contribution in [2.45, 2.75) is 111 Å². The molecule has 2 fully saturated rings. The molecule has 2 aliphatic rings. The fraction of sp³-hybridized carbons (Fsp3) is 0.636. The number of nitrogens with zero attached hydrogens (tertiary/aromatic N) is 4. The Kier molecular flexibility index (Phi) is 12.5. The topological polar surface area (TPSA) is 137 Å². The van der Waals surface area contributed by atoms with Crippen LogP contribution in [-0.2, 0) is 9.47 Å². The van der Waals surface area contributed by atoms with Gasteiger partial charge in [0.2, 0.25) is 0 Å². The highest BCUT2D eigenvalue weighted by atomic mass is 16.6. The van der Waals surface area contributed by atoms with E-state index >= 15 is 0 Å². The van der Waals surface area contributed by atoms with Crippen molar-refractivity contribution in [1.29, 1.82) is 0 Å². The van der Waals surface area contributed by atoms with Crippen molar-refractivity contribution < 1.29 is 19.1 Å². The SMILES string of the molecule is C.Cc1ncccc1[C@@H]1CN(C(=O)OC(C)(C)C)CC[C@H]1N.Cc1ncccc1[C@H]1CN(C(=O)OC(C)(C)C)CC[C@@H]1N. The van der Waals surface area contributed by atoms with Gasteiger partial charge in [-0.3, -0.25) is 9.97 Å². The normalized spacial score (nSPS) is 22.5. The van der Waals surface area contributed by atoms with Gasteiger partial charge < -0.3 is 30.7 Å². The van der Waals surface area contributed by atoms with E-state index in [1.54, 1.807) is 22.2 Å². The standard InChI is InChI=1S/2C16H25N3O2.CH4/c2*1-11-12(6-5-8-18-11)13-10-19(9-7-14(13)17)15(20)21-16(2,3)4;/h2*5-6,8,13-14H,7,9-10,17H2,1-4H3;1H4/t2*13-,14+;/m10./s1. The lowest BCUT2D eigenvalue weighted by molar-refractivity contribution is 0.0175. The van der Waals surface area contributed by atoms with E-state index in [4.69, 9.17) is 20.9 Å². The Morgan fingerprint density at radius 2 is 1.09 bits per heavy atom. The van der Waals surface area contributed by atoms with E-state index in [0.717, 1.165) is 35.4 Å². The Hall–Kier alpha value is -3.24. The zero-order valence-corrected chi connectivity index (χ0v) is 26.6. The maximum absolute atomic E-state index is 12.2. The molecular formula is C33H54N6O4. The minimum Gasteiger partial charge on any atom is -0.444 e. The van der Waals surface area contributed by atoms with E-state index < -0.39 is 11.2 Å². The molecule has 4 heterocycles. The number of carbonyl (C=O) groups is 2. The molecule has 0 bridgehead atoms. The summed E-state index contributed by atoms with van der Waals surface area (Å²) in [6.07, 6.45) is 4.58. The molecule has 2 aromatic rings. The van der Waals surface area contributed by atoms with Crippen molar-refractivity contribution >= 4 is 12.2 Å². The van der Waals surface area contributed by atoms with Gasteiger partial charge in [0.1, 0.15) is 11.2 Å². The second kappa shape index (κ2) is 15.0. The summed E-state index contributed by atoms with van der Waals surface area (Å²) in [5.74, 6) is 0.222. The molecule has 0 unspecified atom stereocenters. The van der Waals surface area contributed by atoms with E-state index in [1.807, 2.05) is 79.7 Å². The molecule has 0 saturated carbocycles. The Morgan fingerprint density at radius 3 is 1.40 bits per heavy atom. The highest BCUT2D eigenvalue weighted by molar-refractivity contribution is 5.69. The third-order valence-corrected chi connectivity index (χ3v) is 7.53. The van der Waals surface area contributed by atoms with Crippen molar-refractivity contribution in [3.63, 3.8) is 0 Å². The molecule has 2 amide bonds. The van der Waals surface area contributed by atoms with Crippen LogP contribution in [0.25, 0.3) is 0 Å². The van der Waals surface area contributed by atoms with Crippen LogP contribution in [0.5, 0.6) is 0 Å². The second-order valence-corrected chi connectivity index (χ2v) is 13.3. The summed E-state index contributed by atoms with van der Waals surface area (Å²) in [6, 6.07) is 8.03. The number of pyridine rings is 2. The summed E-state index contributed by atoms with van der Waals surface area (Å²) < 4.78 is 10.9. The van der Waals surface area contributed by atoms with E-state index in [0.29, 0.717) is 26.2 Å². The van der Waals surface area contributed by atoms with Crippen LogP contribution in [0.1, 0.15) is 96.2 Å². The fourth-order valence-corrected chi connectivity index (χ4v) is 5.36. The van der Waals surface area contributed by atoms with Crippen LogP contribution in [0.3, 0.4) is 0 Å². The van der Waals surface area contributed by atoms with Crippen LogP contribution in [0.15, 0.2) is 36.7 Å². The van der Waals surface area contributed by atoms with Crippen LogP contribution in [-0.4, -0.2) is 81.4 Å². The molecule has 0 aromatic carbocycles. The molecule has 2 saturated heterocycles. The molecule has 2 aliphatic heterocycles. The molecule has 4 N–H and O–H groups in total. The number of nitrogens with two attached hydrogens (primary N) is 2. The molecule has 0 aliphatic carbocycles. The summed E-state index contributed by atoms with van der Waals surface area (Å²) in [5, 5.41) is 0. The van der Waals surface area contributed by atoms with E-state index in [1.165, 1.54) is 0 Å². The number of hydrogen-bond acceptors (Lipinski definition) is 8. The number of aryl methyl sites for hydroxylation is 2. The first-order valence-corrected chi connectivity index (χ1v) is 14.9. The maximum atomic E-state index is 12.2. The number of rotatable bonds is 2. The molecule has 0 spiro atoms. The highest BCUT2D eigenvalue weighted by Gasteiger charge is 2.34. The Labute approximate surface area is 258 Å². The van der Waals surface area contributed by atoms with Gasteiger partial charge in [0.25, 0.3) is 0 Å². The number of amides is 2. The lowest BCUT2D eigenvalue weighted by atomic mass is 9.86. The third kappa shape index (κ3) is 10.5. The highest BCUT2D eigenvalue weighted by Crippen LogP contribution is 2.30. The minimum atomic E-state index is -0.476. The van der Waals surface area contributed by atoms with Gasteiger partial charge in [0.15, 0.2) is 0 Å². The van der Waals surface area contributed by atoms with Gasteiger partial charge in [-0.25, -0.2) is 9.59 Å². The smallest absolute Gasteiger partial charge is 0.410 e. The zero-order chi connectivity index (χ0) is 31.2. The molecule has 2 aromatic heterocycles. The Balaban J connectivity index is 0.000000293. The van der Waals surface area contributed by atoms with Crippen molar-refractivity contribution in [2.75, 3.05) is 26.2 Å². The lowest BCUT2D eigenvalue weighted by Crippen LogP contribution is -2.49. The number of aromatic nitrogens is 2. The number of piperidine rings is 2. The van der Waals surface area contributed by atoms with Gasteiger partial charge in [-0.1, -0.05) is 19.6 Å². The molecule has 4 rings (SSSR count). The van der Waals surface area contributed by atoms with Gasteiger partial charge in [0, 0.05) is 73.9 Å². The number of carbonyl (C=O) groups excluding carboxylic acids is 2. The van der Waals surface area contributed by atoms with Gasteiger partial charge in [-0.2, -0.15) is 0 Å². The molecular weight excluding hydrogens is 544 g/mol. The first-order valence-electron chi connectivity index (χ1n) is 14.9. The number of likely N-dealkylation sites (tertiary alicyclic amines) is 2. The fourth-order valence-electron chi connectivity index (χ4n) is 5.36. The number of ether oxygens (including phenoxy) is 2. The average molecular weight is 599 g/mol. The van der Waals surface area contributed by atoms with Crippen molar-refractivity contribution in [3.05, 3.63) is 59.2 Å². The summed E-state index contributed by atoms with van der Waals surface area (Å²) in [7, 11) is 0. The van der Waals surface area contributed by atoms with Gasteiger partial charge in [-0.15, -0.1) is 0 Å². The molecule has 10 heteroatoms. The molecule has 0 radical (unpaired) electrons. The van der Waals surface area contributed by atoms with Crippen LogP contribution in [0.4, 0.5) is 9.59 Å². The van der Waals surface area contributed by atoms with E-state index in [9.17, 15) is 9.59 Å². The van der Waals surface area contributed by atoms with E-state index in [2.05, 4.69) is 9.97 Å². The molecule has 4 atom stereocenters. The summed E-state index contributed by atoms with van der Waals surface area (Å²) in [5.41, 5.74) is 15.8. The summed E-state index contributed by atoms with van der Waals surface area (Å²) >= 11 is 0. The van der Waals surface area contributed by atoms with Crippen LogP contribution in [0, 0.1) is 13.8 Å². The second-order valence-electron chi connectivity index (χ2n) is 13.3. The van der Waals surface area contributed by atoms with Crippen LogP contribution < -0.4 is 11.5 Å². The van der Waals surface area contributed by atoms with Crippen molar-refractivity contribution in [2.24, 2.45) is 11.5 Å². The first-order chi connectivity index (χ1) is 19.6. The van der Waals surface area contributed by atoms with Gasteiger partial charge in [-0.05, 0) is 91.5 Å². The van der Waals surface area contributed by atoms with E-state index in [-0.39, 0.29) is 43.5 Å². The molecule has 240 valence electrons. The summed E-state index contributed by atoms with van der Waals surface area (Å²) in [4.78, 5) is 36.6. The number of hydrogen-bond donors (Lipinski definition) is 2.